The van der Waals surface area contributed by atoms with Crippen molar-refractivity contribution in [1.82, 2.24) is 0 Å². The largest absolute Gasteiger partial charge is 0.427 e. The van der Waals surface area contributed by atoms with Gasteiger partial charge in [0, 0.05) is 29.3 Å². The number of oxime groups is 1. The number of carbonyl (C=O) groups excluding carboxylic acids is 3. The van der Waals surface area contributed by atoms with Crippen LogP contribution in [0, 0.1) is 29.6 Å². The highest BCUT2D eigenvalue weighted by Crippen LogP contribution is 2.62. The minimum absolute atomic E-state index is 0.0558. The molecule has 2 bridgehead atoms. The second kappa shape index (κ2) is 7.30. The minimum atomic E-state index is -0.438. The molecule has 2 aromatic carbocycles. The summed E-state index contributed by atoms with van der Waals surface area (Å²) in [4.78, 5) is 45.1. The van der Waals surface area contributed by atoms with E-state index in [1.165, 1.54) is 11.8 Å². The Morgan fingerprint density at radius 3 is 2.39 bits per heavy atom. The van der Waals surface area contributed by atoms with Crippen molar-refractivity contribution in [2.24, 2.45) is 34.7 Å². The van der Waals surface area contributed by atoms with E-state index in [0.29, 0.717) is 21.5 Å². The van der Waals surface area contributed by atoms with Gasteiger partial charge in [-0.15, -0.1) is 0 Å². The van der Waals surface area contributed by atoms with Gasteiger partial charge in [0.15, 0.2) is 0 Å². The van der Waals surface area contributed by atoms with Gasteiger partial charge in [0.25, 0.3) is 0 Å². The fourth-order valence-electron chi connectivity index (χ4n) is 6.13. The van der Waals surface area contributed by atoms with Crippen LogP contribution in [-0.2, 0) is 19.2 Å². The van der Waals surface area contributed by atoms with Gasteiger partial charge in [-0.05, 0) is 48.7 Å². The van der Waals surface area contributed by atoms with Crippen LogP contribution in [0.4, 0.5) is 5.69 Å². The van der Waals surface area contributed by atoms with Crippen LogP contribution in [0.15, 0.2) is 47.6 Å². The van der Waals surface area contributed by atoms with Crippen LogP contribution in [-0.4, -0.2) is 29.6 Å². The molecule has 9 heteroatoms. The van der Waals surface area contributed by atoms with E-state index in [-0.39, 0.29) is 35.7 Å². The average Bonchev–Trinajstić information content (AvgIpc) is 3.49. The number of nitrogens with zero attached hydrogens (tertiary/aromatic N) is 2. The summed E-state index contributed by atoms with van der Waals surface area (Å²) in [7, 11) is 0. The molecule has 0 N–H and O–H groups in total. The number of anilines is 1. The molecule has 6 rings (SSSR count). The highest BCUT2D eigenvalue weighted by molar-refractivity contribution is 6.37. The number of benzene rings is 2. The molecule has 0 aromatic heterocycles. The van der Waals surface area contributed by atoms with E-state index < -0.39 is 17.8 Å². The van der Waals surface area contributed by atoms with Crippen molar-refractivity contribution < 1.29 is 24.0 Å². The van der Waals surface area contributed by atoms with Crippen molar-refractivity contribution in [3.05, 3.63) is 58.1 Å². The molecule has 2 aliphatic heterocycles. The smallest absolute Gasteiger partial charge is 0.308 e. The molecule has 3 fully saturated rings. The van der Waals surface area contributed by atoms with Crippen LogP contribution >= 0.6 is 23.2 Å². The van der Waals surface area contributed by atoms with Crippen molar-refractivity contribution >= 4 is 52.4 Å². The highest BCUT2D eigenvalue weighted by Gasteiger charge is 2.70. The van der Waals surface area contributed by atoms with Crippen LogP contribution in [0.1, 0.15) is 18.9 Å². The summed E-state index contributed by atoms with van der Waals surface area (Å²) in [6.45, 7) is 1.31. The zero-order valence-corrected chi connectivity index (χ0v) is 18.9. The number of rotatable bonds is 3. The van der Waals surface area contributed by atoms with Crippen LogP contribution in [0.2, 0.25) is 10.0 Å². The predicted molar refractivity (Wildman–Crippen MR) is 120 cm³/mol. The van der Waals surface area contributed by atoms with Gasteiger partial charge in [0.2, 0.25) is 11.8 Å². The maximum absolute atomic E-state index is 13.5. The number of hydrogen-bond donors (Lipinski definition) is 0. The van der Waals surface area contributed by atoms with Crippen LogP contribution in [0.3, 0.4) is 0 Å². The van der Waals surface area contributed by atoms with E-state index in [1.54, 1.807) is 36.4 Å². The Morgan fingerprint density at radius 1 is 1.03 bits per heavy atom. The van der Waals surface area contributed by atoms with Crippen LogP contribution < -0.4 is 9.64 Å². The third-order valence-electron chi connectivity index (χ3n) is 7.25. The summed E-state index contributed by atoms with van der Waals surface area (Å²) >= 11 is 12.5. The summed E-state index contributed by atoms with van der Waals surface area (Å²) in [5.74, 6) is -1.58. The molecule has 2 aliphatic carbocycles. The van der Waals surface area contributed by atoms with Crippen molar-refractivity contribution in [1.29, 1.82) is 0 Å². The van der Waals surface area contributed by atoms with Crippen molar-refractivity contribution in [2.45, 2.75) is 19.4 Å². The molecular formula is C24H18Cl2N2O5. The Kier molecular flexibility index (Phi) is 4.58. The second-order valence-electron chi connectivity index (χ2n) is 8.91. The van der Waals surface area contributed by atoms with Gasteiger partial charge in [-0.3, -0.25) is 19.3 Å². The topological polar surface area (TPSA) is 85.3 Å². The Labute approximate surface area is 199 Å². The Balaban J connectivity index is 1.30. The number of halogens is 2. The molecule has 1 saturated heterocycles. The van der Waals surface area contributed by atoms with Gasteiger partial charge in [-0.2, -0.15) is 0 Å². The van der Waals surface area contributed by atoms with Gasteiger partial charge >= 0.3 is 5.97 Å². The first-order valence-electron chi connectivity index (χ1n) is 10.7. The third kappa shape index (κ3) is 2.95. The number of ether oxygens (including phenoxy) is 1. The zero-order chi connectivity index (χ0) is 23.0. The monoisotopic (exact) mass is 484 g/mol. The van der Waals surface area contributed by atoms with E-state index in [0.717, 1.165) is 17.7 Å². The molecule has 7 nitrogen and oxygen atoms in total. The lowest BCUT2D eigenvalue weighted by atomic mass is 9.71. The fourth-order valence-corrected chi connectivity index (χ4v) is 6.63. The van der Waals surface area contributed by atoms with Crippen LogP contribution in [0.5, 0.6) is 5.75 Å². The molecule has 2 aromatic rings. The first kappa shape index (κ1) is 20.7. The molecule has 2 amide bonds. The van der Waals surface area contributed by atoms with Crippen molar-refractivity contribution in [3.8, 4) is 5.75 Å². The molecule has 2 heterocycles. The number of amides is 2. The number of imide groups is 1. The fraction of sp³-hybridized carbons (Fsp3) is 0.333. The Bertz CT molecular complexity index is 1240. The Hall–Kier alpha value is -2.90. The number of fused-ring (bicyclic) bond motifs is 8. The van der Waals surface area contributed by atoms with Crippen molar-refractivity contribution in [2.75, 3.05) is 4.90 Å². The Morgan fingerprint density at radius 2 is 1.73 bits per heavy atom. The van der Waals surface area contributed by atoms with E-state index in [4.69, 9.17) is 32.8 Å². The predicted octanol–water partition coefficient (Wildman–Crippen LogP) is 4.09. The zero-order valence-electron chi connectivity index (χ0n) is 17.4. The average molecular weight is 485 g/mol. The van der Waals surface area contributed by atoms with E-state index >= 15 is 0 Å². The molecule has 4 aliphatic rings. The maximum atomic E-state index is 13.5. The molecule has 2 saturated carbocycles. The first-order valence-corrected chi connectivity index (χ1v) is 11.5. The SMILES string of the molecule is CC(=O)Oc1ccc(N2C(=O)C3C4CC(C5C(c6ccc(Cl)cc6Cl)=NOC45)C3C2=O)cc1. The molecule has 0 radical (unpaired) electrons. The lowest BCUT2D eigenvalue weighted by molar-refractivity contribution is -0.132. The molecular weight excluding hydrogens is 467 g/mol. The van der Waals surface area contributed by atoms with Gasteiger partial charge in [-0.25, -0.2) is 0 Å². The van der Waals surface area contributed by atoms with Gasteiger partial charge < -0.3 is 9.57 Å². The molecule has 33 heavy (non-hydrogen) atoms. The summed E-state index contributed by atoms with van der Waals surface area (Å²) < 4.78 is 5.05. The normalized spacial score (nSPS) is 31.4. The van der Waals surface area contributed by atoms with E-state index in [2.05, 4.69) is 5.16 Å². The molecule has 6 atom stereocenters. The lowest BCUT2D eigenvalue weighted by Gasteiger charge is -2.30. The lowest BCUT2D eigenvalue weighted by Crippen LogP contribution is -2.41. The standard InChI is InChI=1S/C24H18Cl2N2O5/c1-10(29)32-13-5-3-12(4-6-13)28-23(30)18-15-9-16(19(18)24(28)31)22-20(15)21(27-33-22)14-7-2-11(25)8-17(14)26/h2-8,15-16,18-20,22H,9H2,1H3. The minimum Gasteiger partial charge on any atom is -0.427 e. The summed E-state index contributed by atoms with van der Waals surface area (Å²) in [5.41, 5.74) is 1.93. The van der Waals surface area contributed by atoms with E-state index in [9.17, 15) is 14.4 Å². The van der Waals surface area contributed by atoms with Gasteiger partial charge in [-0.1, -0.05) is 34.4 Å². The van der Waals surface area contributed by atoms with Crippen molar-refractivity contribution in [3.63, 3.8) is 0 Å². The molecule has 168 valence electrons. The number of esters is 1. The number of hydrogen-bond acceptors (Lipinski definition) is 6. The van der Waals surface area contributed by atoms with E-state index in [1.807, 2.05) is 6.07 Å². The second-order valence-corrected chi connectivity index (χ2v) is 9.75. The summed E-state index contributed by atoms with van der Waals surface area (Å²) in [6.07, 6.45) is 0.493. The van der Waals surface area contributed by atoms with Crippen LogP contribution in [0.25, 0.3) is 0 Å². The quantitative estimate of drug-likeness (QED) is 0.372. The summed E-state index contributed by atoms with van der Waals surface area (Å²) in [6, 6.07) is 11.6. The van der Waals surface area contributed by atoms with Gasteiger partial charge in [0.1, 0.15) is 11.9 Å². The third-order valence-corrected chi connectivity index (χ3v) is 7.80. The summed E-state index contributed by atoms with van der Waals surface area (Å²) in [5, 5.41) is 5.33. The maximum Gasteiger partial charge on any atom is 0.308 e. The first-order chi connectivity index (χ1) is 15.8. The molecule has 6 unspecified atom stereocenters. The molecule has 0 spiro atoms. The van der Waals surface area contributed by atoms with Gasteiger partial charge in [0.05, 0.1) is 28.3 Å². The highest BCUT2D eigenvalue weighted by atomic mass is 35.5. The number of carbonyl (C=O) groups is 3.